The molecular formula is C16H21N3. The molecule has 3 nitrogen and oxygen atoms in total. The Morgan fingerprint density at radius 1 is 1.11 bits per heavy atom. The predicted molar refractivity (Wildman–Crippen MR) is 79.1 cm³/mol. The van der Waals surface area contributed by atoms with Crippen LogP contribution in [0.3, 0.4) is 0 Å². The van der Waals surface area contributed by atoms with Crippen LogP contribution in [0.15, 0.2) is 24.4 Å². The zero-order valence-electron chi connectivity index (χ0n) is 11.7. The van der Waals surface area contributed by atoms with E-state index in [1.165, 1.54) is 36.8 Å². The van der Waals surface area contributed by atoms with Crippen LogP contribution in [0.2, 0.25) is 0 Å². The van der Waals surface area contributed by atoms with E-state index in [9.17, 15) is 0 Å². The molecule has 0 amide bonds. The lowest BCUT2D eigenvalue weighted by Crippen LogP contribution is -2.04. The van der Waals surface area contributed by atoms with Crippen molar-refractivity contribution < 1.29 is 0 Å². The van der Waals surface area contributed by atoms with Crippen LogP contribution in [0, 0.1) is 13.8 Å². The second-order valence-electron chi connectivity index (χ2n) is 5.73. The minimum absolute atomic E-state index is 0.543. The van der Waals surface area contributed by atoms with Gasteiger partial charge in [-0.2, -0.15) is 5.10 Å². The summed E-state index contributed by atoms with van der Waals surface area (Å²) < 4.78 is 2.08. The van der Waals surface area contributed by atoms with Crippen LogP contribution < -0.4 is 5.73 Å². The lowest BCUT2D eigenvalue weighted by Gasteiger charge is -2.08. The molecule has 1 heterocycles. The third-order valence-corrected chi connectivity index (χ3v) is 3.95. The van der Waals surface area contributed by atoms with E-state index in [1.807, 2.05) is 6.20 Å². The summed E-state index contributed by atoms with van der Waals surface area (Å²) in [5, 5.41) is 4.74. The van der Waals surface area contributed by atoms with Gasteiger partial charge in [0.25, 0.3) is 0 Å². The summed E-state index contributed by atoms with van der Waals surface area (Å²) in [5.74, 6) is 0. The van der Waals surface area contributed by atoms with Gasteiger partial charge in [-0.3, -0.25) is 4.68 Å². The monoisotopic (exact) mass is 255 g/mol. The van der Waals surface area contributed by atoms with Gasteiger partial charge in [0.15, 0.2) is 0 Å². The maximum absolute atomic E-state index is 6.16. The van der Waals surface area contributed by atoms with Crippen molar-refractivity contribution >= 4 is 5.69 Å². The van der Waals surface area contributed by atoms with Crippen molar-refractivity contribution in [1.29, 1.82) is 0 Å². The topological polar surface area (TPSA) is 43.8 Å². The molecule has 100 valence electrons. The molecule has 0 unspecified atom stereocenters. The SMILES string of the molecule is Cc1cc(C)cc(-c2nn(C3CCCC3)cc2N)c1. The number of benzene rings is 1. The van der Waals surface area contributed by atoms with Gasteiger partial charge in [-0.15, -0.1) is 0 Å². The maximum atomic E-state index is 6.16. The molecule has 19 heavy (non-hydrogen) atoms. The molecule has 1 aromatic heterocycles. The minimum Gasteiger partial charge on any atom is -0.396 e. The van der Waals surface area contributed by atoms with Crippen LogP contribution in [-0.4, -0.2) is 9.78 Å². The molecule has 0 atom stereocenters. The molecule has 0 bridgehead atoms. The van der Waals surface area contributed by atoms with Crippen LogP contribution in [0.1, 0.15) is 42.9 Å². The Morgan fingerprint density at radius 3 is 2.37 bits per heavy atom. The summed E-state index contributed by atoms with van der Waals surface area (Å²) in [4.78, 5) is 0. The van der Waals surface area contributed by atoms with Crippen molar-refractivity contribution in [2.24, 2.45) is 0 Å². The van der Waals surface area contributed by atoms with Crippen molar-refractivity contribution in [3.8, 4) is 11.3 Å². The number of aryl methyl sites for hydroxylation is 2. The first-order valence-electron chi connectivity index (χ1n) is 7.07. The molecule has 1 aliphatic rings. The summed E-state index contributed by atoms with van der Waals surface area (Å²) in [5.41, 5.74) is 11.5. The van der Waals surface area contributed by atoms with Crippen molar-refractivity contribution in [2.75, 3.05) is 5.73 Å². The van der Waals surface area contributed by atoms with E-state index >= 15 is 0 Å². The normalized spacial score (nSPS) is 16.1. The van der Waals surface area contributed by atoms with Gasteiger partial charge in [-0.1, -0.05) is 30.0 Å². The number of nitrogen functional groups attached to an aromatic ring is 1. The quantitative estimate of drug-likeness (QED) is 0.885. The van der Waals surface area contributed by atoms with Gasteiger partial charge in [0, 0.05) is 11.8 Å². The first-order valence-corrected chi connectivity index (χ1v) is 7.07. The Morgan fingerprint density at radius 2 is 1.74 bits per heavy atom. The highest BCUT2D eigenvalue weighted by molar-refractivity contribution is 5.72. The van der Waals surface area contributed by atoms with Gasteiger partial charge < -0.3 is 5.73 Å². The number of hydrogen-bond donors (Lipinski definition) is 1. The summed E-state index contributed by atoms with van der Waals surface area (Å²) in [6.07, 6.45) is 7.08. The Kier molecular flexibility index (Phi) is 3.05. The summed E-state index contributed by atoms with van der Waals surface area (Å²) >= 11 is 0. The smallest absolute Gasteiger partial charge is 0.115 e. The van der Waals surface area contributed by atoms with Crippen LogP contribution in [0.5, 0.6) is 0 Å². The molecule has 3 rings (SSSR count). The van der Waals surface area contributed by atoms with Gasteiger partial charge in [0.2, 0.25) is 0 Å². The Labute approximate surface area is 114 Å². The fourth-order valence-corrected chi connectivity index (χ4v) is 3.10. The van der Waals surface area contributed by atoms with E-state index in [1.54, 1.807) is 0 Å². The molecule has 0 aliphatic heterocycles. The van der Waals surface area contributed by atoms with Gasteiger partial charge in [-0.25, -0.2) is 0 Å². The zero-order chi connectivity index (χ0) is 13.4. The van der Waals surface area contributed by atoms with E-state index in [4.69, 9.17) is 10.8 Å². The standard InChI is InChI=1S/C16H21N3/c1-11-7-12(2)9-13(8-11)16-15(17)10-19(18-16)14-5-3-4-6-14/h7-10,14H,3-6,17H2,1-2H3. The van der Waals surface area contributed by atoms with E-state index in [0.717, 1.165) is 16.9 Å². The van der Waals surface area contributed by atoms with E-state index < -0.39 is 0 Å². The molecule has 0 radical (unpaired) electrons. The summed E-state index contributed by atoms with van der Waals surface area (Å²) in [6.45, 7) is 4.22. The van der Waals surface area contributed by atoms with Gasteiger partial charge in [0.05, 0.1) is 11.7 Å². The van der Waals surface area contributed by atoms with Crippen LogP contribution in [0.4, 0.5) is 5.69 Å². The molecular weight excluding hydrogens is 234 g/mol. The van der Waals surface area contributed by atoms with Crippen molar-refractivity contribution in [1.82, 2.24) is 9.78 Å². The van der Waals surface area contributed by atoms with Gasteiger partial charge in [-0.05, 0) is 38.8 Å². The predicted octanol–water partition coefficient (Wildman–Crippen LogP) is 3.86. The number of aromatic nitrogens is 2. The molecule has 1 aromatic carbocycles. The van der Waals surface area contributed by atoms with Gasteiger partial charge >= 0.3 is 0 Å². The average Bonchev–Trinajstić information content (AvgIpc) is 2.95. The lowest BCUT2D eigenvalue weighted by molar-refractivity contribution is 0.468. The highest BCUT2D eigenvalue weighted by atomic mass is 15.3. The first-order chi connectivity index (χ1) is 9.13. The van der Waals surface area contributed by atoms with Crippen LogP contribution in [0.25, 0.3) is 11.3 Å². The molecule has 1 aliphatic carbocycles. The van der Waals surface area contributed by atoms with Crippen molar-refractivity contribution in [3.05, 3.63) is 35.5 Å². The highest BCUT2D eigenvalue weighted by Crippen LogP contribution is 2.32. The van der Waals surface area contributed by atoms with E-state index in [2.05, 4.69) is 36.7 Å². The van der Waals surface area contributed by atoms with Crippen molar-refractivity contribution in [2.45, 2.75) is 45.6 Å². The van der Waals surface area contributed by atoms with Gasteiger partial charge in [0.1, 0.15) is 5.69 Å². The fraction of sp³-hybridized carbons (Fsp3) is 0.438. The molecule has 1 saturated carbocycles. The second kappa shape index (κ2) is 4.72. The maximum Gasteiger partial charge on any atom is 0.115 e. The largest absolute Gasteiger partial charge is 0.396 e. The summed E-state index contributed by atoms with van der Waals surface area (Å²) in [7, 11) is 0. The Balaban J connectivity index is 2.00. The van der Waals surface area contributed by atoms with Crippen LogP contribution in [-0.2, 0) is 0 Å². The van der Waals surface area contributed by atoms with Crippen LogP contribution >= 0.6 is 0 Å². The number of rotatable bonds is 2. The second-order valence-corrected chi connectivity index (χ2v) is 5.73. The first kappa shape index (κ1) is 12.3. The number of anilines is 1. The zero-order valence-corrected chi connectivity index (χ0v) is 11.7. The molecule has 3 heteroatoms. The molecule has 0 saturated heterocycles. The number of hydrogen-bond acceptors (Lipinski definition) is 2. The Bertz CT molecular complexity index is 572. The fourth-order valence-electron chi connectivity index (χ4n) is 3.10. The van der Waals surface area contributed by atoms with E-state index in [0.29, 0.717) is 6.04 Å². The van der Waals surface area contributed by atoms with Crippen molar-refractivity contribution in [3.63, 3.8) is 0 Å². The Hall–Kier alpha value is -1.77. The third kappa shape index (κ3) is 2.37. The number of nitrogens with two attached hydrogens (primary N) is 1. The number of nitrogens with zero attached hydrogens (tertiary/aromatic N) is 2. The lowest BCUT2D eigenvalue weighted by atomic mass is 10.0. The van der Waals surface area contributed by atoms with E-state index in [-0.39, 0.29) is 0 Å². The average molecular weight is 255 g/mol. The third-order valence-electron chi connectivity index (χ3n) is 3.95. The molecule has 0 spiro atoms. The molecule has 2 aromatic rings. The summed E-state index contributed by atoms with van der Waals surface area (Å²) in [6, 6.07) is 7.03. The molecule has 2 N–H and O–H groups in total. The highest BCUT2D eigenvalue weighted by Gasteiger charge is 2.19. The minimum atomic E-state index is 0.543. The molecule has 1 fully saturated rings.